The van der Waals surface area contributed by atoms with Crippen molar-refractivity contribution in [2.75, 3.05) is 0 Å². The SMILES string of the molecule is O.O.O=c1cc(Cl)[nH]nc1Cl. The summed E-state index contributed by atoms with van der Waals surface area (Å²) in [5.41, 5.74) is -0.375. The summed E-state index contributed by atoms with van der Waals surface area (Å²) in [6, 6.07) is 1.16. The summed E-state index contributed by atoms with van der Waals surface area (Å²) < 4.78 is 0. The highest BCUT2D eigenvalue weighted by Gasteiger charge is 1.95. The first-order chi connectivity index (χ1) is 4.20. The van der Waals surface area contributed by atoms with Gasteiger partial charge in [-0.2, -0.15) is 5.10 Å². The lowest BCUT2D eigenvalue weighted by Crippen LogP contribution is -2.02. The topological polar surface area (TPSA) is 109 Å². The molecule has 0 amide bonds. The van der Waals surface area contributed by atoms with E-state index in [2.05, 4.69) is 10.2 Å². The van der Waals surface area contributed by atoms with Crippen LogP contribution < -0.4 is 5.43 Å². The smallest absolute Gasteiger partial charge is 0.220 e. The first-order valence-electron chi connectivity index (χ1n) is 2.11. The van der Waals surface area contributed by atoms with E-state index in [9.17, 15) is 4.79 Å². The molecule has 1 aromatic heterocycles. The molecule has 0 radical (unpaired) electrons. The lowest BCUT2D eigenvalue weighted by atomic mass is 10.6. The lowest BCUT2D eigenvalue weighted by Gasteiger charge is -1.86. The highest BCUT2D eigenvalue weighted by atomic mass is 35.5. The van der Waals surface area contributed by atoms with Crippen molar-refractivity contribution in [2.24, 2.45) is 0 Å². The van der Waals surface area contributed by atoms with Crippen molar-refractivity contribution < 1.29 is 11.0 Å². The average Bonchev–Trinajstić information content (AvgIpc) is 1.80. The average molecular weight is 201 g/mol. The van der Waals surface area contributed by atoms with Crippen molar-refractivity contribution in [3.8, 4) is 0 Å². The minimum absolute atomic E-state index is 0. The van der Waals surface area contributed by atoms with Gasteiger partial charge in [-0.1, -0.05) is 23.2 Å². The van der Waals surface area contributed by atoms with Gasteiger partial charge in [0, 0.05) is 6.07 Å². The van der Waals surface area contributed by atoms with Crippen molar-refractivity contribution in [3.63, 3.8) is 0 Å². The van der Waals surface area contributed by atoms with E-state index in [0.717, 1.165) is 6.07 Å². The van der Waals surface area contributed by atoms with Gasteiger partial charge >= 0.3 is 0 Å². The molecule has 0 aliphatic heterocycles. The van der Waals surface area contributed by atoms with Crippen LogP contribution in [0.15, 0.2) is 10.9 Å². The minimum Gasteiger partial charge on any atom is -0.412 e. The number of hydrogen-bond donors (Lipinski definition) is 1. The third-order valence-corrected chi connectivity index (χ3v) is 1.19. The largest absolute Gasteiger partial charge is 0.412 e. The van der Waals surface area contributed by atoms with Crippen LogP contribution in [0.2, 0.25) is 10.3 Å². The summed E-state index contributed by atoms with van der Waals surface area (Å²) >= 11 is 10.6. The number of nitrogens with one attached hydrogen (secondary N) is 1. The Hall–Kier alpha value is -0.620. The normalized spacial score (nSPS) is 7.82. The van der Waals surface area contributed by atoms with Gasteiger partial charge in [0.25, 0.3) is 0 Å². The lowest BCUT2D eigenvalue weighted by molar-refractivity contribution is 0.823. The molecule has 0 aliphatic rings. The molecule has 0 spiro atoms. The predicted molar refractivity (Wildman–Crippen MR) is 42.1 cm³/mol. The van der Waals surface area contributed by atoms with Gasteiger partial charge in [-0.05, 0) is 0 Å². The van der Waals surface area contributed by atoms with Crippen molar-refractivity contribution in [1.82, 2.24) is 10.2 Å². The zero-order valence-corrected chi connectivity index (χ0v) is 6.70. The van der Waals surface area contributed by atoms with Gasteiger partial charge in [-0.15, -0.1) is 0 Å². The maximum absolute atomic E-state index is 10.5. The van der Waals surface area contributed by atoms with E-state index in [1.807, 2.05) is 0 Å². The fourth-order valence-corrected chi connectivity index (χ4v) is 0.603. The second-order valence-electron chi connectivity index (χ2n) is 1.37. The third-order valence-electron chi connectivity index (χ3n) is 0.722. The van der Waals surface area contributed by atoms with E-state index in [0.29, 0.717) is 0 Å². The van der Waals surface area contributed by atoms with Crippen LogP contribution in [-0.2, 0) is 0 Å². The molecule has 64 valence electrons. The molecule has 0 fully saturated rings. The third kappa shape index (κ3) is 3.33. The highest BCUT2D eigenvalue weighted by molar-refractivity contribution is 6.31. The molecule has 0 saturated carbocycles. The number of halogens is 2. The van der Waals surface area contributed by atoms with Crippen LogP contribution in [0.4, 0.5) is 0 Å². The van der Waals surface area contributed by atoms with Gasteiger partial charge in [0.05, 0.1) is 0 Å². The van der Waals surface area contributed by atoms with E-state index in [-0.39, 0.29) is 26.7 Å². The summed E-state index contributed by atoms with van der Waals surface area (Å²) in [5.74, 6) is 0. The maximum Gasteiger partial charge on any atom is 0.220 e. The molecule has 0 unspecified atom stereocenters. The first kappa shape index (κ1) is 13.0. The number of nitrogens with zero attached hydrogens (tertiary/aromatic N) is 1. The van der Waals surface area contributed by atoms with Crippen LogP contribution in [0.25, 0.3) is 0 Å². The standard InChI is InChI=1S/C4H2Cl2N2O.2H2O/c5-3-1-2(9)4(6)8-7-3;;/h1H,(H,7,9);2*1H2. The molecule has 0 aliphatic carbocycles. The zero-order chi connectivity index (χ0) is 6.85. The van der Waals surface area contributed by atoms with Crippen molar-refractivity contribution in [3.05, 3.63) is 26.6 Å². The van der Waals surface area contributed by atoms with Crippen LogP contribution in [0.5, 0.6) is 0 Å². The second kappa shape index (κ2) is 5.09. The maximum atomic E-state index is 10.5. The van der Waals surface area contributed by atoms with Crippen LogP contribution in [0.1, 0.15) is 0 Å². The van der Waals surface area contributed by atoms with Crippen molar-refractivity contribution in [1.29, 1.82) is 0 Å². The molecule has 1 aromatic rings. The Morgan fingerprint density at radius 1 is 1.36 bits per heavy atom. The summed E-state index contributed by atoms with van der Waals surface area (Å²) in [6.45, 7) is 0. The monoisotopic (exact) mass is 200 g/mol. The molecule has 0 atom stereocenters. The van der Waals surface area contributed by atoms with Gasteiger partial charge in [-0.25, -0.2) is 0 Å². The highest BCUT2D eigenvalue weighted by Crippen LogP contribution is 1.99. The van der Waals surface area contributed by atoms with Gasteiger partial charge in [0.2, 0.25) is 5.43 Å². The molecule has 0 bridgehead atoms. The van der Waals surface area contributed by atoms with E-state index < -0.39 is 0 Å². The van der Waals surface area contributed by atoms with Crippen LogP contribution >= 0.6 is 23.2 Å². The number of rotatable bonds is 0. The number of hydrogen-bond acceptors (Lipinski definition) is 2. The van der Waals surface area contributed by atoms with Crippen LogP contribution in [-0.4, -0.2) is 21.1 Å². The Kier molecular flexibility index (Phi) is 6.01. The van der Waals surface area contributed by atoms with Crippen molar-refractivity contribution in [2.45, 2.75) is 0 Å². The number of aromatic nitrogens is 2. The van der Waals surface area contributed by atoms with Crippen LogP contribution in [0.3, 0.4) is 0 Å². The zero-order valence-electron chi connectivity index (χ0n) is 5.19. The first-order valence-corrected chi connectivity index (χ1v) is 2.86. The Morgan fingerprint density at radius 2 is 1.91 bits per heavy atom. The van der Waals surface area contributed by atoms with Gasteiger partial charge in [0.1, 0.15) is 5.15 Å². The molecular formula is C4H6Cl2N2O3. The van der Waals surface area contributed by atoms with Crippen molar-refractivity contribution >= 4 is 23.2 Å². The second-order valence-corrected chi connectivity index (χ2v) is 2.14. The fourth-order valence-electron chi connectivity index (χ4n) is 0.365. The molecule has 11 heavy (non-hydrogen) atoms. The minimum atomic E-state index is -0.375. The molecule has 0 aromatic carbocycles. The summed E-state index contributed by atoms with van der Waals surface area (Å²) in [6.07, 6.45) is 0. The van der Waals surface area contributed by atoms with E-state index >= 15 is 0 Å². The molecular weight excluding hydrogens is 195 g/mol. The van der Waals surface area contributed by atoms with Gasteiger partial charge < -0.3 is 11.0 Å². The molecule has 5 nitrogen and oxygen atoms in total. The van der Waals surface area contributed by atoms with Crippen LogP contribution in [0, 0.1) is 0 Å². The Morgan fingerprint density at radius 3 is 2.27 bits per heavy atom. The van der Waals surface area contributed by atoms with E-state index in [1.54, 1.807) is 0 Å². The quantitative estimate of drug-likeness (QED) is 0.606. The fraction of sp³-hybridized carbons (Fsp3) is 0. The number of H-pyrrole nitrogens is 1. The Balaban J connectivity index is 0. The number of aromatic amines is 1. The molecule has 0 saturated heterocycles. The Labute approximate surface area is 71.6 Å². The molecule has 1 rings (SSSR count). The van der Waals surface area contributed by atoms with E-state index in [4.69, 9.17) is 23.2 Å². The predicted octanol–water partition coefficient (Wildman–Crippen LogP) is -0.573. The molecule has 1 heterocycles. The molecule has 7 heteroatoms. The van der Waals surface area contributed by atoms with Gasteiger partial charge in [0.15, 0.2) is 5.15 Å². The Bertz CT molecular complexity index is 274. The summed E-state index contributed by atoms with van der Waals surface area (Å²) in [5, 5.41) is 5.78. The summed E-state index contributed by atoms with van der Waals surface area (Å²) in [7, 11) is 0. The van der Waals surface area contributed by atoms with E-state index in [1.165, 1.54) is 0 Å². The molecule has 5 N–H and O–H groups in total. The van der Waals surface area contributed by atoms with Gasteiger partial charge in [-0.3, -0.25) is 9.89 Å². The summed E-state index contributed by atoms with van der Waals surface area (Å²) in [4.78, 5) is 10.5.